The molecule has 0 saturated carbocycles. The van der Waals surface area contributed by atoms with Gasteiger partial charge in [0.15, 0.2) is 23.0 Å². The highest BCUT2D eigenvalue weighted by atomic mass is 16.5. The van der Waals surface area contributed by atoms with Gasteiger partial charge in [-0.25, -0.2) is 0 Å². The minimum absolute atomic E-state index is 0.176. The molecular weight excluding hydrogens is 412 g/mol. The molecule has 0 bridgehead atoms. The first-order valence-electron chi connectivity index (χ1n) is 9.71. The van der Waals surface area contributed by atoms with Crippen LogP contribution in [0.1, 0.15) is 31.8 Å². The summed E-state index contributed by atoms with van der Waals surface area (Å²) in [4.78, 5) is 23.5. The van der Waals surface area contributed by atoms with Gasteiger partial charge in [-0.3, -0.25) is 9.59 Å². The van der Waals surface area contributed by atoms with Crippen LogP contribution in [0, 0.1) is 0 Å². The fourth-order valence-corrected chi connectivity index (χ4v) is 3.16. The predicted molar refractivity (Wildman–Crippen MR) is 118 cm³/mol. The first-order chi connectivity index (χ1) is 15.4. The molecule has 0 fully saturated rings. The van der Waals surface area contributed by atoms with Gasteiger partial charge in [0, 0.05) is 0 Å². The zero-order valence-electron chi connectivity index (χ0n) is 17.8. The van der Waals surface area contributed by atoms with Gasteiger partial charge in [0.2, 0.25) is 0 Å². The van der Waals surface area contributed by atoms with Crippen molar-refractivity contribution in [1.29, 1.82) is 0 Å². The van der Waals surface area contributed by atoms with Crippen molar-refractivity contribution in [2.75, 3.05) is 14.2 Å². The van der Waals surface area contributed by atoms with Crippen LogP contribution >= 0.6 is 0 Å². The molecule has 0 atom stereocenters. The molecule has 3 rings (SSSR count). The first kappa shape index (κ1) is 22.5. The van der Waals surface area contributed by atoms with E-state index < -0.39 is 11.8 Å². The zero-order valence-corrected chi connectivity index (χ0v) is 17.8. The van der Waals surface area contributed by atoms with Crippen molar-refractivity contribution in [1.82, 2.24) is 0 Å². The monoisotopic (exact) mass is 436 g/mol. The number of hydrogen-bond acceptors (Lipinski definition) is 6. The fourth-order valence-electron chi connectivity index (χ4n) is 3.16. The minimum atomic E-state index is -0.608. The maximum absolute atomic E-state index is 11.7. The van der Waals surface area contributed by atoms with Crippen LogP contribution < -0.4 is 30.4 Å². The van der Waals surface area contributed by atoms with Crippen molar-refractivity contribution in [3.05, 3.63) is 82.9 Å². The van der Waals surface area contributed by atoms with E-state index in [1.165, 1.54) is 14.2 Å². The standard InChI is InChI=1S/C24H24N2O6/c1-29-19-10-4-8-17(23(25)27)21(19)31-13-15-6-3-7-16(12-15)14-32-22-18(24(26)28)9-5-11-20(22)30-2/h3-12H,13-14H2,1-2H3,(H2,25,27)(H2,26,28). The van der Waals surface area contributed by atoms with Gasteiger partial charge in [-0.2, -0.15) is 0 Å². The van der Waals surface area contributed by atoms with Crippen molar-refractivity contribution in [3.63, 3.8) is 0 Å². The Labute approximate surface area is 185 Å². The number of carbonyl (C=O) groups is 2. The van der Waals surface area contributed by atoms with Gasteiger partial charge in [0.1, 0.15) is 13.2 Å². The molecule has 3 aromatic rings. The molecule has 0 spiro atoms. The van der Waals surface area contributed by atoms with Gasteiger partial charge in [-0.05, 0) is 41.5 Å². The summed E-state index contributed by atoms with van der Waals surface area (Å²) in [7, 11) is 2.98. The second-order valence-electron chi connectivity index (χ2n) is 6.80. The summed E-state index contributed by atoms with van der Waals surface area (Å²) in [6, 6.07) is 17.4. The molecule has 3 aromatic carbocycles. The second kappa shape index (κ2) is 10.2. The van der Waals surface area contributed by atoms with E-state index in [1.54, 1.807) is 36.4 Å². The fraction of sp³-hybridized carbons (Fsp3) is 0.167. The van der Waals surface area contributed by atoms with Gasteiger partial charge >= 0.3 is 0 Å². The highest BCUT2D eigenvalue weighted by Gasteiger charge is 2.16. The van der Waals surface area contributed by atoms with Crippen LogP contribution in [0.25, 0.3) is 0 Å². The van der Waals surface area contributed by atoms with E-state index in [4.69, 9.17) is 30.4 Å². The number of benzene rings is 3. The van der Waals surface area contributed by atoms with Gasteiger partial charge in [0.25, 0.3) is 11.8 Å². The molecule has 0 aliphatic rings. The summed E-state index contributed by atoms with van der Waals surface area (Å²) in [5.41, 5.74) is 13.0. The van der Waals surface area contributed by atoms with Crippen molar-refractivity contribution in [2.45, 2.75) is 13.2 Å². The molecule has 4 N–H and O–H groups in total. The molecular formula is C24H24N2O6. The maximum atomic E-state index is 11.7. The molecule has 8 nitrogen and oxygen atoms in total. The van der Waals surface area contributed by atoms with Crippen LogP contribution in [-0.2, 0) is 13.2 Å². The van der Waals surface area contributed by atoms with E-state index in [1.807, 2.05) is 24.3 Å². The summed E-state index contributed by atoms with van der Waals surface area (Å²) in [5, 5.41) is 0. The number of para-hydroxylation sites is 2. The second-order valence-corrected chi connectivity index (χ2v) is 6.80. The SMILES string of the molecule is COc1cccc(C(N)=O)c1OCc1cccc(COc2c(OC)cccc2C(N)=O)c1. The summed E-state index contributed by atoms with van der Waals surface area (Å²) < 4.78 is 22.3. The van der Waals surface area contributed by atoms with Crippen LogP contribution in [-0.4, -0.2) is 26.0 Å². The summed E-state index contributed by atoms with van der Waals surface area (Å²) in [6.45, 7) is 0.353. The van der Waals surface area contributed by atoms with Crippen LogP contribution in [0.5, 0.6) is 23.0 Å². The quantitative estimate of drug-likeness (QED) is 0.504. The third kappa shape index (κ3) is 5.10. The van der Waals surface area contributed by atoms with Crippen molar-refractivity contribution < 1.29 is 28.5 Å². The van der Waals surface area contributed by atoms with Gasteiger partial charge < -0.3 is 30.4 Å². The van der Waals surface area contributed by atoms with E-state index in [9.17, 15) is 9.59 Å². The van der Waals surface area contributed by atoms with Crippen LogP contribution in [0.3, 0.4) is 0 Å². The topological polar surface area (TPSA) is 123 Å². The lowest BCUT2D eigenvalue weighted by Crippen LogP contribution is -2.14. The molecule has 0 unspecified atom stereocenters. The lowest BCUT2D eigenvalue weighted by molar-refractivity contribution is 0.0986. The number of carbonyl (C=O) groups excluding carboxylic acids is 2. The third-order valence-corrected chi connectivity index (χ3v) is 4.69. The molecule has 2 amide bonds. The van der Waals surface area contributed by atoms with E-state index in [-0.39, 0.29) is 35.8 Å². The number of methoxy groups -OCH3 is 2. The van der Waals surface area contributed by atoms with Crippen LogP contribution in [0.2, 0.25) is 0 Å². The Bertz CT molecular complexity index is 1040. The van der Waals surface area contributed by atoms with E-state index in [0.29, 0.717) is 11.5 Å². The molecule has 166 valence electrons. The summed E-state index contributed by atoms with van der Waals surface area (Å²) >= 11 is 0. The summed E-state index contributed by atoms with van der Waals surface area (Å²) in [5.74, 6) is 0.173. The Kier molecular flexibility index (Phi) is 7.17. The molecule has 0 saturated heterocycles. The molecule has 8 heteroatoms. The molecule has 0 aromatic heterocycles. The number of rotatable bonds is 10. The van der Waals surface area contributed by atoms with Crippen LogP contribution in [0.4, 0.5) is 0 Å². The van der Waals surface area contributed by atoms with E-state index >= 15 is 0 Å². The third-order valence-electron chi connectivity index (χ3n) is 4.69. The van der Waals surface area contributed by atoms with Crippen LogP contribution in [0.15, 0.2) is 60.7 Å². The number of primary amides is 2. The molecule has 0 aliphatic carbocycles. The first-order valence-corrected chi connectivity index (χ1v) is 9.71. The number of hydrogen-bond donors (Lipinski definition) is 2. The largest absolute Gasteiger partial charge is 0.493 e. The Morgan fingerprint density at radius 3 is 1.47 bits per heavy atom. The highest BCUT2D eigenvalue weighted by molar-refractivity contribution is 5.97. The lowest BCUT2D eigenvalue weighted by atomic mass is 10.1. The number of ether oxygens (including phenoxy) is 4. The van der Waals surface area contributed by atoms with Crippen molar-refractivity contribution in [3.8, 4) is 23.0 Å². The molecule has 0 radical (unpaired) electrons. The normalized spacial score (nSPS) is 10.3. The Morgan fingerprint density at radius 2 is 1.09 bits per heavy atom. The zero-order chi connectivity index (χ0) is 23.1. The average molecular weight is 436 g/mol. The molecule has 0 heterocycles. The molecule has 32 heavy (non-hydrogen) atoms. The number of nitrogens with two attached hydrogens (primary N) is 2. The Morgan fingerprint density at radius 1 is 0.688 bits per heavy atom. The Hall–Kier alpha value is -4.20. The lowest BCUT2D eigenvalue weighted by Gasteiger charge is -2.15. The van der Waals surface area contributed by atoms with Gasteiger partial charge in [0.05, 0.1) is 25.3 Å². The van der Waals surface area contributed by atoms with E-state index in [0.717, 1.165) is 11.1 Å². The Balaban J connectivity index is 1.76. The number of amides is 2. The smallest absolute Gasteiger partial charge is 0.252 e. The maximum Gasteiger partial charge on any atom is 0.252 e. The predicted octanol–water partition coefficient (Wildman–Crippen LogP) is 3.06. The van der Waals surface area contributed by atoms with Crippen molar-refractivity contribution in [2.24, 2.45) is 11.5 Å². The van der Waals surface area contributed by atoms with Gasteiger partial charge in [-0.15, -0.1) is 0 Å². The minimum Gasteiger partial charge on any atom is -0.493 e. The van der Waals surface area contributed by atoms with E-state index in [2.05, 4.69) is 0 Å². The summed E-state index contributed by atoms with van der Waals surface area (Å²) in [6.07, 6.45) is 0. The van der Waals surface area contributed by atoms with Crippen molar-refractivity contribution >= 4 is 11.8 Å². The molecule has 0 aliphatic heterocycles. The average Bonchev–Trinajstić information content (AvgIpc) is 2.80. The highest BCUT2D eigenvalue weighted by Crippen LogP contribution is 2.33. The van der Waals surface area contributed by atoms with Gasteiger partial charge in [-0.1, -0.05) is 30.3 Å².